The molecule has 1 heterocycles. The number of amides is 2. The molecule has 148 valence electrons. The molecule has 0 bridgehead atoms. The summed E-state index contributed by atoms with van der Waals surface area (Å²) in [5, 5.41) is 3.44. The van der Waals surface area contributed by atoms with Crippen molar-refractivity contribution in [2.24, 2.45) is 0 Å². The smallest absolute Gasteiger partial charge is 0.260 e. The minimum absolute atomic E-state index is 0.0946. The van der Waals surface area contributed by atoms with Gasteiger partial charge in [-0.1, -0.05) is 11.6 Å². The molecule has 28 heavy (non-hydrogen) atoms. The number of rotatable bonds is 6. The highest BCUT2D eigenvalue weighted by atomic mass is 35.5. The molecule has 2 aromatic carbocycles. The van der Waals surface area contributed by atoms with Crippen LogP contribution in [-0.4, -0.2) is 60.9 Å². The maximum atomic E-state index is 12.9. The lowest BCUT2D eigenvalue weighted by molar-refractivity contribution is -0.135. The van der Waals surface area contributed by atoms with Crippen molar-refractivity contribution in [3.8, 4) is 5.75 Å². The van der Waals surface area contributed by atoms with Crippen molar-refractivity contribution < 1.29 is 18.7 Å². The Balaban J connectivity index is 1.38. The van der Waals surface area contributed by atoms with Crippen LogP contribution in [0, 0.1) is 5.82 Å². The van der Waals surface area contributed by atoms with Gasteiger partial charge in [-0.3, -0.25) is 14.5 Å². The molecule has 1 N–H and O–H groups in total. The van der Waals surface area contributed by atoms with Crippen molar-refractivity contribution in [3.63, 3.8) is 0 Å². The second kappa shape index (κ2) is 9.52. The van der Waals surface area contributed by atoms with Gasteiger partial charge in [-0.05, 0) is 48.5 Å². The van der Waals surface area contributed by atoms with E-state index in [1.165, 1.54) is 24.3 Å². The van der Waals surface area contributed by atoms with Crippen molar-refractivity contribution in [3.05, 3.63) is 59.4 Å². The van der Waals surface area contributed by atoms with Crippen molar-refractivity contribution in [1.29, 1.82) is 0 Å². The summed E-state index contributed by atoms with van der Waals surface area (Å²) in [5.74, 6) is -0.140. The summed E-state index contributed by atoms with van der Waals surface area (Å²) in [6, 6.07) is 12.5. The van der Waals surface area contributed by atoms with E-state index in [0.717, 1.165) is 0 Å². The molecule has 1 fully saturated rings. The summed E-state index contributed by atoms with van der Waals surface area (Å²) in [6.07, 6.45) is 0. The van der Waals surface area contributed by atoms with Gasteiger partial charge in [-0.15, -0.1) is 0 Å². The molecule has 0 saturated carbocycles. The zero-order valence-corrected chi connectivity index (χ0v) is 16.0. The van der Waals surface area contributed by atoms with Gasteiger partial charge < -0.3 is 15.0 Å². The van der Waals surface area contributed by atoms with Gasteiger partial charge in [0, 0.05) is 36.9 Å². The molecule has 3 rings (SSSR count). The molecular formula is C20H21ClFN3O3. The summed E-state index contributed by atoms with van der Waals surface area (Å²) in [7, 11) is 0. The molecular weight excluding hydrogens is 385 g/mol. The monoisotopic (exact) mass is 405 g/mol. The summed E-state index contributed by atoms with van der Waals surface area (Å²) in [4.78, 5) is 28.1. The minimum atomic E-state index is -0.352. The van der Waals surface area contributed by atoms with E-state index in [1.807, 2.05) is 4.90 Å². The van der Waals surface area contributed by atoms with Gasteiger partial charge in [0.2, 0.25) is 5.91 Å². The molecule has 6 nitrogen and oxygen atoms in total. The van der Waals surface area contributed by atoms with Gasteiger partial charge >= 0.3 is 0 Å². The van der Waals surface area contributed by atoms with E-state index < -0.39 is 0 Å². The molecule has 2 aromatic rings. The van der Waals surface area contributed by atoms with Gasteiger partial charge in [0.1, 0.15) is 11.6 Å². The number of nitrogens with one attached hydrogen (secondary N) is 1. The van der Waals surface area contributed by atoms with Gasteiger partial charge in [0.25, 0.3) is 5.91 Å². The topological polar surface area (TPSA) is 61.9 Å². The van der Waals surface area contributed by atoms with E-state index >= 15 is 0 Å². The Bertz CT molecular complexity index is 806. The Hall–Kier alpha value is -2.64. The van der Waals surface area contributed by atoms with Crippen molar-refractivity contribution in [2.45, 2.75) is 0 Å². The van der Waals surface area contributed by atoms with E-state index in [0.29, 0.717) is 42.6 Å². The number of nitrogens with zero attached hydrogens (tertiary/aromatic N) is 2. The molecule has 2 amide bonds. The molecule has 1 saturated heterocycles. The average molecular weight is 406 g/mol. The highest BCUT2D eigenvalue weighted by Gasteiger charge is 2.22. The van der Waals surface area contributed by atoms with Crippen LogP contribution in [-0.2, 0) is 9.59 Å². The van der Waals surface area contributed by atoms with Crippen LogP contribution in [0.15, 0.2) is 48.5 Å². The maximum absolute atomic E-state index is 12.9. The second-order valence-corrected chi connectivity index (χ2v) is 6.89. The van der Waals surface area contributed by atoms with Gasteiger partial charge in [0.05, 0.1) is 6.54 Å². The third-order valence-electron chi connectivity index (χ3n) is 4.40. The Kier molecular flexibility index (Phi) is 6.84. The Morgan fingerprint density at radius 2 is 1.64 bits per heavy atom. The molecule has 0 aliphatic carbocycles. The third-order valence-corrected chi connectivity index (χ3v) is 4.65. The first kappa shape index (κ1) is 20.1. The number of anilines is 1. The Morgan fingerprint density at radius 3 is 2.29 bits per heavy atom. The van der Waals surface area contributed by atoms with Gasteiger partial charge in [-0.25, -0.2) is 4.39 Å². The van der Waals surface area contributed by atoms with E-state index in [1.54, 1.807) is 29.2 Å². The SMILES string of the molecule is O=C(CN1CCN(C(=O)COc2ccc(F)cc2)CC1)Nc1ccc(Cl)cc1. The largest absolute Gasteiger partial charge is 0.484 e. The summed E-state index contributed by atoms with van der Waals surface area (Å²) < 4.78 is 18.3. The molecule has 1 aliphatic rings. The number of ether oxygens (including phenoxy) is 1. The van der Waals surface area contributed by atoms with Crippen LogP contribution in [0.4, 0.5) is 10.1 Å². The number of carbonyl (C=O) groups excluding carboxylic acids is 2. The van der Waals surface area contributed by atoms with Crippen LogP contribution in [0.3, 0.4) is 0 Å². The Labute approximate surface area is 167 Å². The lowest BCUT2D eigenvalue weighted by atomic mass is 10.3. The number of carbonyl (C=O) groups is 2. The minimum Gasteiger partial charge on any atom is -0.484 e. The summed E-state index contributed by atoms with van der Waals surface area (Å²) >= 11 is 5.83. The van der Waals surface area contributed by atoms with Crippen LogP contribution >= 0.6 is 11.6 Å². The number of hydrogen-bond donors (Lipinski definition) is 1. The highest BCUT2D eigenvalue weighted by Crippen LogP contribution is 2.14. The molecule has 0 aromatic heterocycles. The average Bonchev–Trinajstić information content (AvgIpc) is 2.69. The highest BCUT2D eigenvalue weighted by molar-refractivity contribution is 6.30. The summed E-state index contributed by atoms with van der Waals surface area (Å²) in [6.45, 7) is 2.44. The fraction of sp³-hybridized carbons (Fsp3) is 0.300. The Morgan fingerprint density at radius 1 is 1.00 bits per heavy atom. The normalized spacial score (nSPS) is 14.6. The van der Waals surface area contributed by atoms with Crippen LogP contribution in [0.25, 0.3) is 0 Å². The predicted molar refractivity (Wildman–Crippen MR) is 105 cm³/mol. The van der Waals surface area contributed by atoms with E-state index in [-0.39, 0.29) is 30.8 Å². The zero-order chi connectivity index (χ0) is 19.9. The maximum Gasteiger partial charge on any atom is 0.260 e. The molecule has 0 spiro atoms. The molecule has 0 radical (unpaired) electrons. The molecule has 0 unspecified atom stereocenters. The summed E-state index contributed by atoms with van der Waals surface area (Å²) in [5.41, 5.74) is 0.696. The fourth-order valence-corrected chi connectivity index (χ4v) is 2.99. The first-order valence-electron chi connectivity index (χ1n) is 8.93. The molecule has 1 aliphatic heterocycles. The first-order chi connectivity index (χ1) is 13.5. The lowest BCUT2D eigenvalue weighted by Gasteiger charge is -2.34. The molecule has 8 heteroatoms. The standard InChI is InChI=1S/C20H21ClFN3O3/c21-15-1-5-17(6-2-15)23-19(26)13-24-9-11-25(12-10-24)20(27)14-28-18-7-3-16(22)4-8-18/h1-8H,9-14H2,(H,23,26). The van der Waals surface area contributed by atoms with E-state index in [2.05, 4.69) is 5.32 Å². The predicted octanol–water partition coefficient (Wildman–Crippen LogP) is 2.64. The number of benzene rings is 2. The van der Waals surface area contributed by atoms with Crippen LogP contribution in [0.2, 0.25) is 5.02 Å². The fourth-order valence-electron chi connectivity index (χ4n) is 2.86. The molecule has 0 atom stereocenters. The number of hydrogen-bond acceptors (Lipinski definition) is 4. The van der Waals surface area contributed by atoms with E-state index in [4.69, 9.17) is 16.3 Å². The van der Waals surface area contributed by atoms with Crippen LogP contribution < -0.4 is 10.1 Å². The van der Waals surface area contributed by atoms with Crippen LogP contribution in [0.1, 0.15) is 0 Å². The third kappa shape index (κ3) is 5.94. The van der Waals surface area contributed by atoms with Crippen LogP contribution in [0.5, 0.6) is 5.75 Å². The number of halogens is 2. The first-order valence-corrected chi connectivity index (χ1v) is 9.31. The van der Waals surface area contributed by atoms with Crippen molar-refractivity contribution >= 4 is 29.1 Å². The second-order valence-electron chi connectivity index (χ2n) is 6.45. The van der Waals surface area contributed by atoms with Crippen molar-refractivity contribution in [2.75, 3.05) is 44.6 Å². The van der Waals surface area contributed by atoms with Gasteiger partial charge in [-0.2, -0.15) is 0 Å². The quantitative estimate of drug-likeness (QED) is 0.802. The van der Waals surface area contributed by atoms with Crippen molar-refractivity contribution in [1.82, 2.24) is 9.80 Å². The van der Waals surface area contributed by atoms with Gasteiger partial charge in [0.15, 0.2) is 6.61 Å². The van der Waals surface area contributed by atoms with E-state index in [9.17, 15) is 14.0 Å². The zero-order valence-electron chi connectivity index (χ0n) is 15.2. The number of piperazine rings is 1. The lowest BCUT2D eigenvalue weighted by Crippen LogP contribution is -2.51.